The monoisotopic (exact) mass is 494 g/mol. The number of nitrogens with one attached hydrogen (secondary N) is 2. The fourth-order valence-electron chi connectivity index (χ4n) is 5.29. The molecule has 10 heteroatoms. The van der Waals surface area contributed by atoms with Crippen LogP contribution >= 0.6 is 0 Å². The van der Waals surface area contributed by atoms with Crippen molar-refractivity contribution in [1.29, 1.82) is 0 Å². The Morgan fingerprint density at radius 2 is 2.03 bits per heavy atom. The molecular weight excluding hydrogens is 459 g/mol. The van der Waals surface area contributed by atoms with E-state index in [1.54, 1.807) is 28.8 Å². The van der Waals surface area contributed by atoms with Crippen LogP contribution in [0.2, 0.25) is 0 Å². The summed E-state index contributed by atoms with van der Waals surface area (Å²) in [6, 6.07) is 5.89. The number of hydrogen-bond acceptors (Lipinski definition) is 6. The number of carbonyl (C=O) groups excluding carboxylic acids is 1. The summed E-state index contributed by atoms with van der Waals surface area (Å²) in [6.45, 7) is 6.73. The summed E-state index contributed by atoms with van der Waals surface area (Å²) in [5.74, 6) is -0.219. The number of aromatic nitrogens is 2. The van der Waals surface area contributed by atoms with Crippen LogP contribution in [0.15, 0.2) is 46.9 Å². The maximum absolute atomic E-state index is 15.0. The van der Waals surface area contributed by atoms with Gasteiger partial charge in [0.25, 0.3) is 0 Å². The molecule has 0 atom stereocenters. The van der Waals surface area contributed by atoms with E-state index in [9.17, 15) is 9.18 Å². The Morgan fingerprint density at radius 1 is 1.25 bits per heavy atom. The molecule has 1 aromatic heterocycles. The molecule has 2 fully saturated rings. The van der Waals surface area contributed by atoms with E-state index in [0.29, 0.717) is 31.6 Å². The zero-order chi connectivity index (χ0) is 25.2. The van der Waals surface area contributed by atoms with E-state index in [0.717, 1.165) is 48.6 Å². The standard InChI is InChI=1S/C26H35FN8O/c1-17(36)34-10-7-24(31-20-14-35(15-20)21-5-8-29-9-6-21)22(16-34)26(28)32-25-4-3-18(11-23(25)27)19-12-30-33(2)13-19/h3-4,11-13,20-21,29,31H,5-10,14-16H2,1-2H3,(H2,28,32). The minimum absolute atomic E-state index is 0.00733. The lowest BCUT2D eigenvalue weighted by atomic mass is 9.97. The quantitative estimate of drug-likeness (QED) is 0.418. The molecule has 0 spiro atoms. The van der Waals surface area contributed by atoms with E-state index < -0.39 is 5.82 Å². The summed E-state index contributed by atoms with van der Waals surface area (Å²) >= 11 is 0. The van der Waals surface area contributed by atoms with Crippen LogP contribution in [0.25, 0.3) is 11.1 Å². The third-order valence-corrected chi connectivity index (χ3v) is 7.44. The first-order chi connectivity index (χ1) is 17.4. The van der Waals surface area contributed by atoms with Gasteiger partial charge in [-0.05, 0) is 43.6 Å². The molecule has 0 aliphatic carbocycles. The van der Waals surface area contributed by atoms with Crippen molar-refractivity contribution in [1.82, 2.24) is 30.2 Å². The second-order valence-electron chi connectivity index (χ2n) is 9.99. The van der Waals surface area contributed by atoms with Gasteiger partial charge in [0.2, 0.25) is 5.91 Å². The number of nitrogens with zero attached hydrogens (tertiary/aromatic N) is 5. The summed E-state index contributed by atoms with van der Waals surface area (Å²) in [7, 11) is 1.82. The number of benzene rings is 1. The number of halogens is 1. The van der Waals surface area contributed by atoms with Crippen molar-refractivity contribution in [2.45, 2.75) is 38.3 Å². The lowest BCUT2D eigenvalue weighted by Crippen LogP contribution is -2.62. The number of rotatable bonds is 6. The van der Waals surface area contributed by atoms with Crippen LogP contribution in [-0.2, 0) is 11.8 Å². The number of likely N-dealkylation sites (tertiary alicyclic amines) is 1. The van der Waals surface area contributed by atoms with Crippen molar-refractivity contribution >= 4 is 17.4 Å². The first-order valence-corrected chi connectivity index (χ1v) is 12.7. The van der Waals surface area contributed by atoms with E-state index in [2.05, 4.69) is 25.6 Å². The van der Waals surface area contributed by atoms with Gasteiger partial charge in [-0.15, -0.1) is 0 Å². The average molecular weight is 495 g/mol. The van der Waals surface area contributed by atoms with Gasteiger partial charge in [-0.1, -0.05) is 6.07 Å². The molecule has 1 amide bonds. The maximum atomic E-state index is 15.0. The fourth-order valence-corrected chi connectivity index (χ4v) is 5.29. The topological polar surface area (TPSA) is 104 Å². The van der Waals surface area contributed by atoms with Crippen LogP contribution in [0.3, 0.4) is 0 Å². The van der Waals surface area contributed by atoms with Gasteiger partial charge in [0, 0.05) is 69.1 Å². The van der Waals surface area contributed by atoms with Gasteiger partial charge in [-0.25, -0.2) is 9.38 Å². The minimum atomic E-state index is -0.453. The molecule has 36 heavy (non-hydrogen) atoms. The number of amides is 1. The summed E-state index contributed by atoms with van der Waals surface area (Å²) < 4.78 is 16.6. The number of aliphatic imine (C=N–C) groups is 1. The molecule has 5 rings (SSSR count). The van der Waals surface area contributed by atoms with Crippen molar-refractivity contribution in [3.05, 3.63) is 47.7 Å². The molecule has 0 bridgehead atoms. The van der Waals surface area contributed by atoms with Crippen LogP contribution in [0.5, 0.6) is 0 Å². The third kappa shape index (κ3) is 5.29. The van der Waals surface area contributed by atoms with E-state index in [4.69, 9.17) is 5.73 Å². The highest BCUT2D eigenvalue weighted by Crippen LogP contribution is 2.27. The van der Waals surface area contributed by atoms with Gasteiger partial charge in [-0.2, -0.15) is 5.10 Å². The minimum Gasteiger partial charge on any atom is -0.383 e. The van der Waals surface area contributed by atoms with E-state index >= 15 is 0 Å². The Bertz CT molecular complexity index is 1180. The Kier molecular flexibility index (Phi) is 7.06. The maximum Gasteiger partial charge on any atom is 0.219 e. The molecule has 2 saturated heterocycles. The number of carbonyl (C=O) groups is 1. The SMILES string of the molecule is CC(=O)N1CCC(NC2CN(C3CCNCC3)C2)=C(C(N)=Nc2ccc(-c3cnn(C)c3)cc2F)C1. The highest BCUT2D eigenvalue weighted by Gasteiger charge is 2.34. The zero-order valence-corrected chi connectivity index (χ0v) is 21.0. The molecule has 3 aliphatic rings. The normalized spacial score (nSPS) is 20.5. The summed E-state index contributed by atoms with van der Waals surface area (Å²) in [5, 5.41) is 11.2. The van der Waals surface area contributed by atoms with Crippen molar-refractivity contribution in [3.63, 3.8) is 0 Å². The molecule has 3 aliphatic heterocycles. The first kappa shape index (κ1) is 24.5. The summed E-state index contributed by atoms with van der Waals surface area (Å²) in [5.41, 5.74) is 9.96. The molecule has 192 valence electrons. The van der Waals surface area contributed by atoms with Crippen molar-refractivity contribution in [3.8, 4) is 11.1 Å². The zero-order valence-electron chi connectivity index (χ0n) is 21.0. The molecule has 2 aromatic rings. The van der Waals surface area contributed by atoms with E-state index in [1.807, 2.05) is 19.3 Å². The first-order valence-electron chi connectivity index (χ1n) is 12.7. The molecule has 4 N–H and O–H groups in total. The van der Waals surface area contributed by atoms with Crippen LogP contribution < -0.4 is 16.4 Å². The van der Waals surface area contributed by atoms with Crippen LogP contribution in [0, 0.1) is 5.82 Å². The lowest BCUT2D eigenvalue weighted by molar-refractivity contribution is -0.128. The fraction of sp³-hybridized carbons (Fsp3) is 0.500. The molecule has 0 unspecified atom stereocenters. The predicted molar refractivity (Wildman–Crippen MR) is 138 cm³/mol. The average Bonchev–Trinajstić information content (AvgIpc) is 3.29. The number of piperidine rings is 1. The van der Waals surface area contributed by atoms with Gasteiger partial charge in [0.05, 0.1) is 18.8 Å². The van der Waals surface area contributed by atoms with E-state index in [-0.39, 0.29) is 17.4 Å². The lowest BCUT2D eigenvalue weighted by Gasteiger charge is -2.47. The van der Waals surface area contributed by atoms with Crippen molar-refractivity contribution in [2.24, 2.45) is 17.8 Å². The van der Waals surface area contributed by atoms with Gasteiger partial charge < -0.3 is 21.3 Å². The second kappa shape index (κ2) is 10.4. The van der Waals surface area contributed by atoms with Crippen LogP contribution in [-0.4, -0.2) is 82.7 Å². The number of aryl methyl sites for hydroxylation is 1. The molecule has 9 nitrogen and oxygen atoms in total. The van der Waals surface area contributed by atoms with Gasteiger partial charge in [0.1, 0.15) is 17.3 Å². The van der Waals surface area contributed by atoms with Gasteiger partial charge >= 0.3 is 0 Å². The molecule has 0 radical (unpaired) electrons. The molecular formula is C26H35FN8O. The number of nitrogens with two attached hydrogens (primary N) is 1. The Labute approximate surface area is 211 Å². The number of hydrogen-bond donors (Lipinski definition) is 3. The second-order valence-corrected chi connectivity index (χ2v) is 9.99. The predicted octanol–water partition coefficient (Wildman–Crippen LogP) is 1.75. The highest BCUT2D eigenvalue weighted by molar-refractivity contribution is 6.00. The van der Waals surface area contributed by atoms with Crippen molar-refractivity contribution in [2.75, 3.05) is 39.3 Å². The van der Waals surface area contributed by atoms with Crippen molar-refractivity contribution < 1.29 is 9.18 Å². The number of amidine groups is 1. The largest absolute Gasteiger partial charge is 0.383 e. The molecule has 1 aromatic carbocycles. The molecule has 0 saturated carbocycles. The van der Waals surface area contributed by atoms with Crippen LogP contribution in [0.1, 0.15) is 26.2 Å². The van der Waals surface area contributed by atoms with Gasteiger partial charge in [0.15, 0.2) is 0 Å². The Balaban J connectivity index is 1.33. The Hall–Kier alpha value is -3.24. The summed E-state index contributed by atoms with van der Waals surface area (Å²) in [4.78, 5) is 20.8. The third-order valence-electron chi connectivity index (χ3n) is 7.44. The Morgan fingerprint density at radius 3 is 2.69 bits per heavy atom. The highest BCUT2D eigenvalue weighted by atomic mass is 19.1. The summed E-state index contributed by atoms with van der Waals surface area (Å²) in [6.07, 6.45) is 6.59. The smallest absolute Gasteiger partial charge is 0.219 e. The van der Waals surface area contributed by atoms with Gasteiger partial charge in [-0.3, -0.25) is 14.4 Å². The van der Waals surface area contributed by atoms with Crippen LogP contribution in [0.4, 0.5) is 10.1 Å². The van der Waals surface area contributed by atoms with E-state index in [1.165, 1.54) is 18.9 Å². The molecule has 4 heterocycles.